The van der Waals surface area contributed by atoms with Crippen molar-refractivity contribution in [2.75, 3.05) is 19.0 Å². The number of aryl methyl sites for hydroxylation is 1. The number of amides is 1. The van der Waals surface area contributed by atoms with E-state index in [1.54, 1.807) is 18.2 Å². The third-order valence-electron chi connectivity index (χ3n) is 3.57. The molecule has 1 aromatic rings. The molecule has 0 aromatic heterocycles. The molecule has 114 valence electrons. The number of hydrogen-bond acceptors (Lipinski definition) is 5. The van der Waals surface area contributed by atoms with Crippen LogP contribution in [-0.2, 0) is 14.3 Å². The van der Waals surface area contributed by atoms with Gasteiger partial charge in [-0.3, -0.25) is 4.79 Å². The van der Waals surface area contributed by atoms with Crippen LogP contribution in [0.2, 0.25) is 0 Å². The molecular formula is C15H20N2O4. The summed E-state index contributed by atoms with van der Waals surface area (Å²) >= 11 is 0. The Hall–Kier alpha value is -1.92. The number of carbonyl (C=O) groups excluding carboxylic acids is 2. The van der Waals surface area contributed by atoms with Gasteiger partial charge in [-0.25, -0.2) is 4.79 Å². The quantitative estimate of drug-likeness (QED) is 0.814. The van der Waals surface area contributed by atoms with Gasteiger partial charge in [-0.05, 0) is 43.5 Å². The zero-order chi connectivity index (χ0) is 15.4. The van der Waals surface area contributed by atoms with Crippen LogP contribution < -0.4 is 11.1 Å². The van der Waals surface area contributed by atoms with Crippen LogP contribution in [0.5, 0.6) is 0 Å². The van der Waals surface area contributed by atoms with Gasteiger partial charge in [-0.2, -0.15) is 0 Å². The number of esters is 1. The first-order valence-electron chi connectivity index (χ1n) is 6.90. The molecule has 6 nitrogen and oxygen atoms in total. The second kappa shape index (κ2) is 6.69. The first-order chi connectivity index (χ1) is 10.0. The van der Waals surface area contributed by atoms with Gasteiger partial charge in [0.15, 0.2) is 0 Å². The zero-order valence-electron chi connectivity index (χ0n) is 12.2. The number of ether oxygens (including phenoxy) is 2. The Labute approximate surface area is 123 Å². The lowest BCUT2D eigenvalue weighted by molar-refractivity contribution is -0.126. The molecule has 0 spiro atoms. The minimum atomic E-state index is -0.460. The van der Waals surface area contributed by atoms with Crippen molar-refractivity contribution in [3.8, 4) is 0 Å². The SMILES string of the molecule is COC(=O)c1ccc(NC(=O)C2CCC(CN)O2)c(C)c1. The topological polar surface area (TPSA) is 90.7 Å². The number of rotatable bonds is 4. The van der Waals surface area contributed by atoms with Gasteiger partial charge in [-0.1, -0.05) is 0 Å². The summed E-state index contributed by atoms with van der Waals surface area (Å²) in [5.41, 5.74) is 7.43. The van der Waals surface area contributed by atoms with E-state index in [0.717, 1.165) is 12.0 Å². The first kappa shape index (κ1) is 15.5. The Kier molecular flexibility index (Phi) is 4.93. The summed E-state index contributed by atoms with van der Waals surface area (Å²) in [7, 11) is 1.33. The van der Waals surface area contributed by atoms with E-state index in [1.165, 1.54) is 7.11 Å². The third-order valence-corrected chi connectivity index (χ3v) is 3.57. The van der Waals surface area contributed by atoms with Gasteiger partial charge in [0.2, 0.25) is 0 Å². The van der Waals surface area contributed by atoms with E-state index < -0.39 is 12.1 Å². The van der Waals surface area contributed by atoms with E-state index >= 15 is 0 Å². The van der Waals surface area contributed by atoms with Crippen molar-refractivity contribution in [1.82, 2.24) is 0 Å². The Morgan fingerprint density at radius 1 is 1.43 bits per heavy atom. The molecule has 1 amide bonds. The molecule has 1 fully saturated rings. The maximum absolute atomic E-state index is 12.1. The van der Waals surface area contributed by atoms with Gasteiger partial charge in [0.1, 0.15) is 6.10 Å². The number of benzene rings is 1. The lowest BCUT2D eigenvalue weighted by Gasteiger charge is -2.14. The van der Waals surface area contributed by atoms with Crippen LogP contribution in [-0.4, -0.2) is 37.7 Å². The highest BCUT2D eigenvalue weighted by Crippen LogP contribution is 2.22. The molecule has 2 rings (SSSR count). The van der Waals surface area contributed by atoms with Crippen LogP contribution in [0.15, 0.2) is 18.2 Å². The van der Waals surface area contributed by atoms with Crippen molar-refractivity contribution in [3.63, 3.8) is 0 Å². The highest BCUT2D eigenvalue weighted by atomic mass is 16.5. The van der Waals surface area contributed by atoms with Crippen molar-refractivity contribution in [2.24, 2.45) is 5.73 Å². The fourth-order valence-electron chi connectivity index (χ4n) is 2.33. The van der Waals surface area contributed by atoms with Gasteiger partial charge in [0.25, 0.3) is 5.91 Å². The van der Waals surface area contributed by atoms with Crippen LogP contribution in [0.4, 0.5) is 5.69 Å². The van der Waals surface area contributed by atoms with E-state index in [2.05, 4.69) is 10.1 Å². The minimum absolute atomic E-state index is 0.0384. The maximum Gasteiger partial charge on any atom is 0.337 e. The van der Waals surface area contributed by atoms with Gasteiger partial charge >= 0.3 is 5.97 Å². The predicted molar refractivity (Wildman–Crippen MR) is 78.1 cm³/mol. The normalized spacial score (nSPS) is 21.1. The second-order valence-electron chi connectivity index (χ2n) is 5.07. The molecule has 1 saturated heterocycles. The van der Waals surface area contributed by atoms with E-state index in [0.29, 0.717) is 24.2 Å². The number of methoxy groups -OCH3 is 1. The Bertz CT molecular complexity index is 544. The van der Waals surface area contributed by atoms with Crippen molar-refractivity contribution < 1.29 is 19.1 Å². The summed E-state index contributed by atoms with van der Waals surface area (Å²) in [6.07, 6.45) is 0.976. The monoisotopic (exact) mass is 292 g/mol. The molecular weight excluding hydrogens is 272 g/mol. The molecule has 0 bridgehead atoms. The van der Waals surface area contributed by atoms with E-state index in [-0.39, 0.29) is 12.0 Å². The Balaban J connectivity index is 2.03. The van der Waals surface area contributed by atoms with Gasteiger partial charge in [-0.15, -0.1) is 0 Å². The summed E-state index contributed by atoms with van der Waals surface area (Å²) in [5, 5.41) is 2.82. The smallest absolute Gasteiger partial charge is 0.337 e. The van der Waals surface area contributed by atoms with Crippen molar-refractivity contribution in [1.29, 1.82) is 0 Å². The lowest BCUT2D eigenvalue weighted by atomic mass is 10.1. The van der Waals surface area contributed by atoms with Gasteiger partial charge < -0.3 is 20.5 Å². The van der Waals surface area contributed by atoms with E-state index in [9.17, 15) is 9.59 Å². The fraction of sp³-hybridized carbons (Fsp3) is 0.467. The van der Waals surface area contributed by atoms with Crippen LogP contribution in [0.1, 0.15) is 28.8 Å². The van der Waals surface area contributed by atoms with Crippen LogP contribution in [0.3, 0.4) is 0 Å². The first-order valence-corrected chi connectivity index (χ1v) is 6.90. The number of carbonyl (C=O) groups is 2. The molecule has 0 saturated carbocycles. The van der Waals surface area contributed by atoms with E-state index in [4.69, 9.17) is 10.5 Å². The van der Waals surface area contributed by atoms with Crippen LogP contribution in [0.25, 0.3) is 0 Å². The second-order valence-corrected chi connectivity index (χ2v) is 5.07. The highest BCUT2D eigenvalue weighted by Gasteiger charge is 2.30. The Morgan fingerprint density at radius 3 is 2.76 bits per heavy atom. The molecule has 3 N–H and O–H groups in total. The maximum atomic E-state index is 12.1. The van der Waals surface area contributed by atoms with Crippen LogP contribution >= 0.6 is 0 Å². The lowest BCUT2D eigenvalue weighted by Crippen LogP contribution is -2.30. The van der Waals surface area contributed by atoms with Crippen molar-refractivity contribution in [2.45, 2.75) is 32.0 Å². The number of anilines is 1. The van der Waals surface area contributed by atoms with Crippen molar-refractivity contribution in [3.05, 3.63) is 29.3 Å². The molecule has 0 aliphatic carbocycles. The molecule has 2 unspecified atom stereocenters. The average Bonchev–Trinajstić information content (AvgIpc) is 2.97. The standard InChI is InChI=1S/C15H20N2O4/c1-9-7-10(15(19)20-2)3-5-12(9)17-14(18)13-6-4-11(8-16)21-13/h3,5,7,11,13H,4,6,8,16H2,1-2H3,(H,17,18). The predicted octanol–water partition coefficient (Wildman–Crippen LogP) is 1.23. The van der Waals surface area contributed by atoms with Gasteiger partial charge in [0, 0.05) is 12.2 Å². The molecule has 1 aliphatic heterocycles. The summed E-state index contributed by atoms with van der Waals surface area (Å²) in [4.78, 5) is 23.6. The summed E-state index contributed by atoms with van der Waals surface area (Å²) in [5.74, 6) is -0.583. The minimum Gasteiger partial charge on any atom is -0.465 e. The summed E-state index contributed by atoms with van der Waals surface area (Å²) in [6.45, 7) is 2.25. The van der Waals surface area contributed by atoms with E-state index in [1.807, 2.05) is 6.92 Å². The largest absolute Gasteiger partial charge is 0.465 e. The number of hydrogen-bond donors (Lipinski definition) is 2. The molecule has 21 heavy (non-hydrogen) atoms. The molecule has 1 aromatic carbocycles. The zero-order valence-corrected chi connectivity index (χ0v) is 12.2. The number of nitrogens with two attached hydrogens (primary N) is 1. The Morgan fingerprint density at radius 2 is 2.19 bits per heavy atom. The molecule has 1 heterocycles. The highest BCUT2D eigenvalue weighted by molar-refractivity contribution is 5.96. The van der Waals surface area contributed by atoms with Crippen LogP contribution in [0, 0.1) is 6.92 Å². The fourth-order valence-corrected chi connectivity index (χ4v) is 2.33. The molecule has 0 radical (unpaired) electrons. The van der Waals surface area contributed by atoms with Gasteiger partial charge in [0.05, 0.1) is 18.8 Å². The average molecular weight is 292 g/mol. The van der Waals surface area contributed by atoms with Crippen molar-refractivity contribution >= 4 is 17.6 Å². The summed E-state index contributed by atoms with van der Waals surface area (Å²) in [6, 6.07) is 4.99. The third kappa shape index (κ3) is 3.59. The molecule has 6 heteroatoms. The number of nitrogens with one attached hydrogen (secondary N) is 1. The molecule has 1 aliphatic rings. The molecule has 2 atom stereocenters. The summed E-state index contributed by atoms with van der Waals surface area (Å²) < 4.78 is 10.2.